The van der Waals surface area contributed by atoms with Crippen molar-refractivity contribution in [2.45, 2.75) is 147 Å². The van der Waals surface area contributed by atoms with E-state index in [1.807, 2.05) is 6.92 Å². The Morgan fingerprint density at radius 1 is 0.545 bits per heavy atom. The Kier molecular flexibility index (Phi) is 117. The monoisotopic (exact) mass is 995 g/mol. The number of hydrogen-bond acceptors (Lipinski definition) is 16. The molecule has 0 aliphatic carbocycles. The number of carboxylic acids is 2. The Labute approximate surface area is 410 Å². The first-order valence-corrected chi connectivity index (χ1v) is 18.6. The van der Waals surface area contributed by atoms with Crippen LogP contribution >= 0.6 is 11.8 Å². The minimum absolute atomic E-state index is 0. The van der Waals surface area contributed by atoms with Gasteiger partial charge in [-0.25, -0.2) is 9.78 Å². The van der Waals surface area contributed by atoms with Crippen molar-refractivity contribution >= 4 is 40.6 Å². The Balaban J connectivity index is -0.000000159. The van der Waals surface area contributed by atoms with Crippen molar-refractivity contribution in [1.29, 1.82) is 0 Å². The third-order valence-electron chi connectivity index (χ3n) is 5.85. The van der Waals surface area contributed by atoms with E-state index in [1.54, 1.807) is 13.8 Å². The fourth-order valence-corrected chi connectivity index (χ4v) is 4.20. The summed E-state index contributed by atoms with van der Waals surface area (Å²) in [5.74, 6) is -2.72. The first-order valence-electron chi connectivity index (χ1n) is 17.6. The molecule has 0 fully saturated rings. The number of carboxylic acid groups (broad SMARTS) is 2. The summed E-state index contributed by atoms with van der Waals surface area (Å²) in [7, 11) is 0. The highest BCUT2D eigenvalue weighted by Crippen LogP contribution is 2.07. The number of hydrogen-bond donors (Lipinski definition) is 4. The highest BCUT2D eigenvalue weighted by atomic mass is 32.2. The summed E-state index contributed by atoms with van der Waals surface area (Å²) in [6, 6.07) is -1.05. The maximum Gasteiger partial charge on any atom is 0.305 e. The van der Waals surface area contributed by atoms with Crippen molar-refractivity contribution in [2.24, 2.45) is 0 Å². The molecular weight excluding hydrogens is 885 g/mol. The number of carbonyl (C=O) groups is 5. The van der Waals surface area contributed by atoms with Crippen LogP contribution in [0.15, 0.2) is 13.2 Å². The van der Waals surface area contributed by atoms with Crippen molar-refractivity contribution in [3.63, 3.8) is 0 Å². The number of amides is 2. The molecule has 1 atom stereocenters. The van der Waals surface area contributed by atoms with E-state index in [1.165, 1.54) is 0 Å². The summed E-state index contributed by atoms with van der Waals surface area (Å²) in [5.41, 5.74) is 0. The van der Waals surface area contributed by atoms with Gasteiger partial charge in [0, 0.05) is 18.9 Å². The van der Waals surface area contributed by atoms with Gasteiger partial charge in [0.05, 0.1) is 105 Å². The van der Waals surface area contributed by atoms with E-state index in [0.717, 1.165) is 18.2 Å². The summed E-state index contributed by atoms with van der Waals surface area (Å²) in [5, 5.41) is 22.1. The van der Waals surface area contributed by atoms with Gasteiger partial charge in [-0.1, -0.05) is 108 Å². The zero-order chi connectivity index (χ0) is 40.7. The van der Waals surface area contributed by atoms with Gasteiger partial charge in [0.2, 0.25) is 16.9 Å². The van der Waals surface area contributed by atoms with Gasteiger partial charge >= 0.3 is 11.9 Å². The molecule has 66 heavy (non-hydrogen) atoms. The predicted octanol–water partition coefficient (Wildman–Crippen LogP) is 8.50. The minimum atomic E-state index is -1.05. The van der Waals surface area contributed by atoms with Crippen LogP contribution in [-0.2, 0) is 71.6 Å². The fourth-order valence-electron chi connectivity index (χ4n) is 3.46. The zero-order valence-corrected chi connectivity index (χ0v) is 32.7. The van der Waals surface area contributed by atoms with Gasteiger partial charge in [0.1, 0.15) is 18.8 Å². The maximum atomic E-state index is 12.9. The van der Waals surface area contributed by atoms with Crippen molar-refractivity contribution < 1.29 is 81.9 Å². The van der Waals surface area contributed by atoms with E-state index >= 15 is 0 Å². The van der Waals surface area contributed by atoms with Crippen LogP contribution in [-0.4, -0.2) is 175 Å². The largest absolute Gasteiger partial charge is 0.481 e. The average Bonchev–Trinajstić information content (AvgIpc) is 3.13. The van der Waals surface area contributed by atoms with Gasteiger partial charge in [-0.2, -0.15) is 0 Å². The van der Waals surface area contributed by atoms with Crippen LogP contribution in [0.4, 0.5) is 0 Å². The van der Waals surface area contributed by atoms with E-state index < -0.39 is 47.6 Å². The number of ether oxygens (including phenoxy) is 8. The molecule has 0 aliphatic rings. The molecule has 20 heteroatoms. The molecule has 1 unspecified atom stereocenters. The molecule has 0 aromatic heterocycles. The topological polar surface area (TPSA) is 242 Å². The number of rotatable bonds is 38. The minimum Gasteiger partial charge on any atom is -0.481 e. The van der Waals surface area contributed by atoms with Gasteiger partial charge in [0.25, 0.3) is 0 Å². The van der Waals surface area contributed by atoms with Crippen molar-refractivity contribution in [1.82, 2.24) is 10.6 Å². The van der Waals surface area contributed by atoms with Gasteiger partial charge in [-0.15, -0.1) is 13.2 Å². The van der Waals surface area contributed by atoms with Gasteiger partial charge in [-0.3, -0.25) is 24.0 Å². The Morgan fingerprint density at radius 3 is 1.42 bits per heavy atom. The molecule has 0 aromatic rings. The number of carbonyl (C=O) groups excluding carboxylic acids is 3. The van der Waals surface area contributed by atoms with E-state index in [0.29, 0.717) is 13.2 Å². The molecule has 4 N–H and O–H groups in total. The predicted molar refractivity (Wildman–Crippen MR) is 277 cm³/mol. The van der Waals surface area contributed by atoms with Gasteiger partial charge in [0.15, 0.2) is 6.61 Å². The molecule has 0 saturated heterocycles. The smallest absolute Gasteiger partial charge is 0.305 e. The van der Waals surface area contributed by atoms with Crippen LogP contribution in [0.5, 0.6) is 0 Å². The Bertz CT molecular complexity index is 942. The second kappa shape index (κ2) is 76.5. The normalized spacial score (nSPS) is 9.47. The van der Waals surface area contributed by atoms with E-state index in [4.69, 9.17) is 57.9 Å². The average molecular weight is 995 g/mol. The lowest BCUT2D eigenvalue weighted by molar-refractivity contribution is -0.311. The molecule has 412 valence electrons. The molecule has 2 amide bonds. The summed E-state index contributed by atoms with van der Waals surface area (Å²) in [4.78, 5) is 68.4. The molecule has 0 aromatic carbocycles. The molecule has 0 heterocycles. The van der Waals surface area contributed by atoms with Crippen molar-refractivity contribution in [2.75, 3.05) is 118 Å². The third-order valence-corrected chi connectivity index (χ3v) is 6.79. The standard InChI is InChI=1S/C32H58N2O17S.C2H4.12CH4/c1-4-7-42-10-15-48-23-28(35)33-20-27(34-29(36)24-50-51-25(2)3)32(41)52-19-18-45-16-17-49-26(21-46-13-11-43-8-5-30(37)38)22-47-14-12-44-9-6-31(39)40;1-2;;;;;;;;;;;;/h25-27H,4-24H2,1-3H3,(H,33,35)(H,34,36)(H,37,38)(H,39,40);1-2H2;12*1H4. The van der Waals surface area contributed by atoms with Gasteiger partial charge < -0.3 is 58.7 Å². The Morgan fingerprint density at radius 2 is 0.970 bits per heavy atom. The molecule has 0 radical (unpaired) electrons. The van der Waals surface area contributed by atoms with Crippen LogP contribution in [0.3, 0.4) is 0 Å². The lowest BCUT2D eigenvalue weighted by Gasteiger charge is -2.19. The second-order valence-electron chi connectivity index (χ2n) is 10.9. The Hall–Kier alpha value is -2.76. The molecular formula is C46H110N2O17S. The quantitative estimate of drug-likeness (QED) is 0.0196. The van der Waals surface area contributed by atoms with Crippen LogP contribution in [0, 0.1) is 0 Å². The summed E-state index contributed by atoms with van der Waals surface area (Å²) in [6.45, 7) is 13.6. The fraction of sp³-hybridized carbons (Fsp3) is 0.848. The summed E-state index contributed by atoms with van der Waals surface area (Å²) in [6.07, 6.45) is -0.0840. The lowest BCUT2D eigenvalue weighted by Crippen LogP contribution is -2.49. The SMILES string of the molecule is C.C.C.C.C.C.C.C.C.C.C.C.C=C.CCCOCCOCC(=O)NCC(NC(=O)COOC(C)C)C(=O)SCCOCCOC(COCCOCCC(=O)O)COCCOCCC(=O)O. The first kappa shape index (κ1) is 101. The number of thioether (sulfide) groups is 1. The van der Waals surface area contributed by atoms with Crippen LogP contribution < -0.4 is 10.6 Å². The summed E-state index contributed by atoms with van der Waals surface area (Å²) < 4.78 is 43.5. The molecule has 0 aliphatic heterocycles. The van der Waals surface area contributed by atoms with Crippen LogP contribution in [0.1, 0.15) is 129 Å². The van der Waals surface area contributed by atoms with Crippen molar-refractivity contribution in [3.05, 3.63) is 13.2 Å². The molecule has 0 saturated carbocycles. The molecule has 0 spiro atoms. The number of nitrogens with one attached hydrogen (secondary N) is 2. The van der Waals surface area contributed by atoms with E-state index in [-0.39, 0.29) is 206 Å². The lowest BCUT2D eigenvalue weighted by atomic mass is 10.3. The molecule has 19 nitrogen and oxygen atoms in total. The highest BCUT2D eigenvalue weighted by molar-refractivity contribution is 8.13. The van der Waals surface area contributed by atoms with Crippen LogP contribution in [0.2, 0.25) is 0 Å². The van der Waals surface area contributed by atoms with Gasteiger partial charge in [-0.05, 0) is 20.3 Å². The highest BCUT2D eigenvalue weighted by Gasteiger charge is 2.22. The summed E-state index contributed by atoms with van der Waals surface area (Å²) >= 11 is 0.922. The third kappa shape index (κ3) is 75.5. The first-order chi connectivity index (χ1) is 26.0. The molecule has 0 bridgehead atoms. The van der Waals surface area contributed by atoms with E-state index in [2.05, 4.69) is 23.8 Å². The zero-order valence-electron chi connectivity index (χ0n) is 31.9. The molecule has 0 rings (SSSR count). The van der Waals surface area contributed by atoms with E-state index in [9.17, 15) is 24.0 Å². The van der Waals surface area contributed by atoms with Crippen molar-refractivity contribution in [3.8, 4) is 0 Å². The maximum absolute atomic E-state index is 12.9. The second-order valence-corrected chi connectivity index (χ2v) is 12.0. The van der Waals surface area contributed by atoms with Crippen LogP contribution in [0.25, 0.3) is 0 Å². The number of aliphatic carboxylic acids is 2.